The Morgan fingerprint density at radius 1 is 1.00 bits per heavy atom. The maximum atomic E-state index is 12.0. The molecule has 7 nitrogen and oxygen atoms in total. The number of rotatable bonds is 7. The molecule has 0 spiro atoms. The van der Waals surface area contributed by atoms with Crippen LogP contribution in [0.4, 0.5) is 5.69 Å². The topological polar surface area (TPSA) is 96.5 Å². The van der Waals surface area contributed by atoms with E-state index in [0.717, 1.165) is 11.1 Å². The third-order valence-electron chi connectivity index (χ3n) is 4.12. The first-order chi connectivity index (χ1) is 13.8. The molecule has 0 aliphatic heterocycles. The number of carbonyl (C=O) groups excluding carboxylic acids is 3. The fraction of sp³-hybridized carbons (Fsp3) is 0.286. The molecule has 0 radical (unpaired) electrons. The van der Waals surface area contributed by atoms with Crippen molar-refractivity contribution in [3.8, 4) is 5.75 Å². The number of hydrogen-bond donors (Lipinski definition) is 3. The van der Waals surface area contributed by atoms with Crippen LogP contribution >= 0.6 is 11.6 Å². The predicted molar refractivity (Wildman–Crippen MR) is 112 cm³/mol. The van der Waals surface area contributed by atoms with Gasteiger partial charge in [0.2, 0.25) is 11.8 Å². The van der Waals surface area contributed by atoms with E-state index in [1.165, 1.54) is 0 Å². The van der Waals surface area contributed by atoms with Crippen molar-refractivity contribution >= 4 is 35.0 Å². The SMILES string of the molecule is Cc1cccc(OC(C)C(=O)NNC(=O)CCC(=O)Nc2cccc(Cl)c2C)c1. The fourth-order valence-electron chi connectivity index (χ4n) is 2.42. The average molecular weight is 418 g/mol. The third kappa shape index (κ3) is 7.12. The number of benzene rings is 2. The Kier molecular flexibility index (Phi) is 8.03. The van der Waals surface area contributed by atoms with Gasteiger partial charge in [-0.3, -0.25) is 25.2 Å². The van der Waals surface area contributed by atoms with Crippen LogP contribution < -0.4 is 20.9 Å². The van der Waals surface area contributed by atoms with Gasteiger partial charge in [-0.2, -0.15) is 0 Å². The molecule has 0 aliphatic rings. The minimum atomic E-state index is -0.800. The molecule has 3 N–H and O–H groups in total. The molecular formula is C21H24ClN3O4. The highest BCUT2D eigenvalue weighted by Gasteiger charge is 2.16. The zero-order chi connectivity index (χ0) is 21.4. The van der Waals surface area contributed by atoms with Gasteiger partial charge in [0, 0.05) is 23.6 Å². The number of aryl methyl sites for hydroxylation is 1. The number of amides is 3. The molecule has 0 saturated carbocycles. The second-order valence-electron chi connectivity index (χ2n) is 6.57. The van der Waals surface area contributed by atoms with Gasteiger partial charge in [0.1, 0.15) is 5.75 Å². The maximum Gasteiger partial charge on any atom is 0.279 e. The van der Waals surface area contributed by atoms with Crippen molar-refractivity contribution in [1.29, 1.82) is 0 Å². The minimum absolute atomic E-state index is 0.0387. The van der Waals surface area contributed by atoms with Crippen molar-refractivity contribution < 1.29 is 19.1 Å². The summed E-state index contributed by atoms with van der Waals surface area (Å²) in [6.07, 6.45) is -0.923. The molecule has 154 valence electrons. The van der Waals surface area contributed by atoms with Gasteiger partial charge < -0.3 is 10.1 Å². The Balaban J connectivity index is 1.72. The molecule has 0 aliphatic carbocycles. The van der Waals surface area contributed by atoms with E-state index in [-0.39, 0.29) is 18.7 Å². The van der Waals surface area contributed by atoms with E-state index in [1.807, 2.05) is 25.1 Å². The van der Waals surface area contributed by atoms with E-state index < -0.39 is 17.9 Å². The first-order valence-electron chi connectivity index (χ1n) is 9.13. The molecule has 0 fully saturated rings. The van der Waals surface area contributed by atoms with Gasteiger partial charge in [-0.05, 0) is 56.2 Å². The molecule has 1 atom stereocenters. The second kappa shape index (κ2) is 10.5. The molecular weight excluding hydrogens is 394 g/mol. The molecule has 0 saturated heterocycles. The zero-order valence-electron chi connectivity index (χ0n) is 16.5. The monoisotopic (exact) mass is 417 g/mol. The number of nitrogens with one attached hydrogen (secondary N) is 3. The summed E-state index contributed by atoms with van der Waals surface area (Å²) in [7, 11) is 0. The Morgan fingerprint density at radius 3 is 2.41 bits per heavy atom. The van der Waals surface area contributed by atoms with Crippen LogP contribution in [0.3, 0.4) is 0 Å². The van der Waals surface area contributed by atoms with Crippen LogP contribution in [0.1, 0.15) is 30.9 Å². The van der Waals surface area contributed by atoms with E-state index in [9.17, 15) is 14.4 Å². The summed E-state index contributed by atoms with van der Waals surface area (Å²) < 4.78 is 5.54. The molecule has 0 aromatic heterocycles. The molecule has 1 unspecified atom stereocenters. The van der Waals surface area contributed by atoms with Crippen LogP contribution in [-0.2, 0) is 14.4 Å². The zero-order valence-corrected chi connectivity index (χ0v) is 17.3. The molecule has 29 heavy (non-hydrogen) atoms. The standard InChI is InChI=1S/C21H24ClN3O4/c1-13-6-4-7-16(12-13)29-15(3)21(28)25-24-20(27)11-10-19(26)23-18-9-5-8-17(22)14(18)2/h4-9,12,15H,10-11H2,1-3H3,(H,23,26)(H,24,27)(H,25,28). The summed E-state index contributed by atoms with van der Waals surface area (Å²) in [6, 6.07) is 12.5. The molecule has 3 amide bonds. The van der Waals surface area contributed by atoms with Crippen molar-refractivity contribution in [3.63, 3.8) is 0 Å². The predicted octanol–water partition coefficient (Wildman–Crippen LogP) is 3.29. The van der Waals surface area contributed by atoms with Crippen molar-refractivity contribution in [1.82, 2.24) is 10.9 Å². The molecule has 2 aromatic carbocycles. The number of anilines is 1. The first kappa shape index (κ1) is 22.2. The Labute approximate surface area is 174 Å². The average Bonchev–Trinajstić information content (AvgIpc) is 2.68. The number of carbonyl (C=O) groups is 3. The molecule has 0 heterocycles. The van der Waals surface area contributed by atoms with Gasteiger partial charge in [0.25, 0.3) is 5.91 Å². The number of halogens is 1. The minimum Gasteiger partial charge on any atom is -0.481 e. The largest absolute Gasteiger partial charge is 0.481 e. The van der Waals surface area contributed by atoms with Crippen LogP contribution in [0, 0.1) is 13.8 Å². The number of ether oxygens (including phenoxy) is 1. The summed E-state index contributed by atoms with van der Waals surface area (Å²) >= 11 is 6.01. The highest BCUT2D eigenvalue weighted by atomic mass is 35.5. The molecule has 2 rings (SSSR count). The lowest BCUT2D eigenvalue weighted by molar-refractivity contribution is -0.133. The highest BCUT2D eigenvalue weighted by Crippen LogP contribution is 2.23. The summed E-state index contributed by atoms with van der Waals surface area (Å²) in [5.74, 6) is -0.752. The van der Waals surface area contributed by atoms with E-state index in [1.54, 1.807) is 38.1 Å². The van der Waals surface area contributed by atoms with Crippen molar-refractivity contribution in [2.75, 3.05) is 5.32 Å². The number of hydrogen-bond acceptors (Lipinski definition) is 4. The van der Waals surface area contributed by atoms with Gasteiger partial charge in [0.15, 0.2) is 6.10 Å². The van der Waals surface area contributed by atoms with Gasteiger partial charge in [0.05, 0.1) is 0 Å². The molecule has 0 bridgehead atoms. The van der Waals surface area contributed by atoms with Crippen LogP contribution in [-0.4, -0.2) is 23.8 Å². The fourth-order valence-corrected chi connectivity index (χ4v) is 2.60. The summed E-state index contributed by atoms with van der Waals surface area (Å²) in [5.41, 5.74) is 6.93. The second-order valence-corrected chi connectivity index (χ2v) is 6.98. The van der Waals surface area contributed by atoms with Gasteiger partial charge in [-0.1, -0.05) is 29.8 Å². The van der Waals surface area contributed by atoms with E-state index in [0.29, 0.717) is 16.5 Å². The number of hydrazine groups is 1. The van der Waals surface area contributed by atoms with Crippen molar-refractivity contribution in [2.24, 2.45) is 0 Å². The summed E-state index contributed by atoms with van der Waals surface area (Å²) in [4.78, 5) is 35.9. The third-order valence-corrected chi connectivity index (χ3v) is 4.53. The molecule has 2 aromatic rings. The van der Waals surface area contributed by atoms with Gasteiger partial charge in [-0.25, -0.2) is 0 Å². The lowest BCUT2D eigenvalue weighted by atomic mass is 10.2. The lowest BCUT2D eigenvalue weighted by Crippen LogP contribution is -2.47. The Bertz CT molecular complexity index is 901. The van der Waals surface area contributed by atoms with E-state index in [2.05, 4.69) is 16.2 Å². The van der Waals surface area contributed by atoms with Crippen molar-refractivity contribution in [3.05, 3.63) is 58.6 Å². The normalized spacial score (nSPS) is 11.3. The summed E-state index contributed by atoms with van der Waals surface area (Å²) in [6.45, 7) is 5.28. The van der Waals surface area contributed by atoms with Crippen LogP contribution in [0.5, 0.6) is 5.75 Å². The van der Waals surface area contributed by atoms with E-state index in [4.69, 9.17) is 16.3 Å². The quantitative estimate of drug-likeness (QED) is 0.602. The maximum absolute atomic E-state index is 12.0. The Hall–Kier alpha value is -3.06. The van der Waals surface area contributed by atoms with Crippen LogP contribution in [0.2, 0.25) is 5.02 Å². The van der Waals surface area contributed by atoms with Gasteiger partial charge in [-0.15, -0.1) is 0 Å². The first-order valence-corrected chi connectivity index (χ1v) is 9.51. The summed E-state index contributed by atoms with van der Waals surface area (Å²) in [5, 5.41) is 3.26. The smallest absolute Gasteiger partial charge is 0.279 e. The van der Waals surface area contributed by atoms with Crippen LogP contribution in [0.15, 0.2) is 42.5 Å². The lowest BCUT2D eigenvalue weighted by Gasteiger charge is -2.15. The highest BCUT2D eigenvalue weighted by molar-refractivity contribution is 6.31. The van der Waals surface area contributed by atoms with E-state index >= 15 is 0 Å². The Morgan fingerprint density at radius 2 is 1.69 bits per heavy atom. The van der Waals surface area contributed by atoms with Gasteiger partial charge >= 0.3 is 0 Å². The molecule has 8 heteroatoms. The van der Waals surface area contributed by atoms with Crippen LogP contribution in [0.25, 0.3) is 0 Å². The van der Waals surface area contributed by atoms with Crippen molar-refractivity contribution in [2.45, 2.75) is 39.7 Å².